The second-order valence-corrected chi connectivity index (χ2v) is 34.5. The molecule has 0 saturated carbocycles. The zero-order valence-corrected chi connectivity index (χ0v) is 76.8. The van der Waals surface area contributed by atoms with E-state index in [1.165, 1.54) is 55.5 Å². The van der Waals surface area contributed by atoms with Gasteiger partial charge in [-0.25, -0.2) is 28.7 Å². The molecule has 4 fully saturated rings. The van der Waals surface area contributed by atoms with Gasteiger partial charge < -0.3 is 40.9 Å². The van der Waals surface area contributed by atoms with Gasteiger partial charge in [-0.15, -0.1) is 0 Å². The lowest BCUT2D eigenvalue weighted by Gasteiger charge is -2.29. The summed E-state index contributed by atoms with van der Waals surface area (Å²) in [5, 5.41) is 46.2. The summed E-state index contributed by atoms with van der Waals surface area (Å²) in [4.78, 5) is 127. The van der Waals surface area contributed by atoms with Crippen molar-refractivity contribution in [2.75, 3.05) is 73.6 Å². The molecule has 0 radical (unpaired) electrons. The summed E-state index contributed by atoms with van der Waals surface area (Å²) < 4.78 is 29.7. The van der Waals surface area contributed by atoms with Crippen molar-refractivity contribution < 1.29 is 47.1 Å². The fourth-order valence-corrected chi connectivity index (χ4v) is 16.2. The molecule has 8 heterocycles. The van der Waals surface area contributed by atoms with Gasteiger partial charge in [-0.1, -0.05) is 194 Å². The molecule has 0 unspecified atom stereocenters. The first-order valence-corrected chi connectivity index (χ1v) is 45.5. The molecule has 0 atom stereocenters. The van der Waals surface area contributed by atoms with Gasteiger partial charge >= 0.3 is 0 Å². The summed E-state index contributed by atoms with van der Waals surface area (Å²) in [6.45, 7) is 10.6. The summed E-state index contributed by atoms with van der Waals surface area (Å²) >= 11 is 23.4. The number of hydrogen-bond donors (Lipinski definition) is 8. The highest BCUT2D eigenvalue weighted by Crippen LogP contribution is 2.28. The number of aromatic nitrogens is 4. The van der Waals surface area contributed by atoms with E-state index in [4.69, 9.17) is 68.0 Å². The fraction of sp³-hybridized carbons (Fsp3) is 0.245. The van der Waals surface area contributed by atoms with Gasteiger partial charge in [0.15, 0.2) is 23.1 Å². The Morgan fingerprint density at radius 2 is 0.537 bits per heavy atom. The number of carbonyl (C=O) groups is 8. The minimum absolute atomic E-state index is 0. The summed E-state index contributed by atoms with van der Waals surface area (Å²) in [7, 11) is 0. The molecule has 136 heavy (non-hydrogen) atoms. The van der Waals surface area contributed by atoms with Gasteiger partial charge in [-0.05, 0) is 197 Å². The number of benzene rings is 8. The molecule has 4 amide bonds. The maximum absolute atomic E-state index is 14.9. The third-order valence-electron chi connectivity index (χ3n) is 23.1. The lowest BCUT2D eigenvalue weighted by Crippen LogP contribution is -2.35. The van der Waals surface area contributed by atoms with Crippen molar-refractivity contribution in [2.24, 2.45) is 0 Å². The molecule has 16 rings (SSSR count). The number of ketones is 4. The second kappa shape index (κ2) is 49.2. The average Bonchev–Trinajstić information content (AvgIpc) is 1.02. The van der Waals surface area contributed by atoms with Gasteiger partial charge in [-0.3, -0.25) is 60.0 Å². The number of hydrogen-bond acceptors (Lipinski definition) is 16. The van der Waals surface area contributed by atoms with E-state index >= 15 is 0 Å². The number of halogens is 6. The summed E-state index contributed by atoms with van der Waals surface area (Å²) in [6, 6.07) is 60.1. The van der Waals surface area contributed by atoms with Crippen LogP contribution in [0.1, 0.15) is 218 Å². The lowest BCUT2D eigenvalue weighted by molar-refractivity contribution is 0.0976. The normalized spacial score (nSPS) is 13.1. The summed E-state index contributed by atoms with van der Waals surface area (Å²) in [6.07, 6.45) is 16.5. The number of Topliss-reactive ketones (excluding diaryl/α,β-unsaturated/α-hetero) is 4. The van der Waals surface area contributed by atoms with Crippen LogP contribution in [0.25, 0.3) is 0 Å². The molecule has 12 aromatic rings. The number of pyridine rings is 4. The van der Waals surface area contributed by atoms with Crippen LogP contribution in [0, 0.1) is 47.1 Å². The number of amides is 4. The Morgan fingerprint density at radius 1 is 0.287 bits per heavy atom. The minimum Gasteiger partial charge on any atom is -0.357 e. The molecule has 4 aliphatic rings. The van der Waals surface area contributed by atoms with Crippen molar-refractivity contribution in [1.29, 1.82) is 21.6 Å². The predicted molar refractivity (Wildman–Crippen MR) is 535 cm³/mol. The SMILES string of the molecule is C.C.Cc1ccc(CC(=O)c2ccc(C(=N)N3CCCC3)cc2)c(C(=O)Nc2ccc(Cl)cn2)c1.Cc1ccc(CC(=O)c2ccc(C(=N)N3CCCCC3)cc2)c(C(=O)Nc2ccc(Cl)cn2)c1.N=C(c1ccc(C(=O)Cc2ccccc2C(=O)Nc2ccc(Cl)cn2)c(F)c1)N1CCCC1.N=C(c1ccc(C(=O)Cc2ccccc2C(=O)Nc2ccc(Cl)cn2)c(F)c1)N1CCCCC1. The van der Waals surface area contributed by atoms with Gasteiger partial charge in [0.25, 0.3) is 23.6 Å². The van der Waals surface area contributed by atoms with Gasteiger partial charge in [0, 0.05) is 158 Å². The quantitative estimate of drug-likeness (QED) is 0.0158. The molecule has 4 aliphatic heterocycles. The standard InChI is InChI=1S/C27H27ClN4O2.C26H24ClFN4O2.C26H25ClN4O2.C25H22ClFN4O2.2CH4/c1-18-5-6-21(23(15-18)27(34)31-25-12-11-22(28)17-30-25)16-24(33)19-7-9-20(10-8-19)26(29)32-13-3-2-4-14-32;27-19-9-11-24(30-16-19)31-26(34)20-7-3-2-6-17(20)15-23(33)21-10-8-18(14-22(21)28)25(29)32-12-4-1-5-13-32;1-17-4-5-20(22(14-17)26(33)30-24-11-10-21(27)16-29-24)15-23(32)18-6-8-19(9-7-18)25(28)31-12-2-3-13-31;26-18-8-10-23(29-15-18)30-25(33)19-6-2-1-5-16(19)14-22(32)20-9-7-17(13-21(20)27)24(28)31-11-3-4-12-31;;/h5-12,15,17,29H,2-4,13-14,16H2,1H3,(H,30,31,34);2-3,6-11,14,16,29H,1,4-5,12-13,15H2,(H,30,31,34);4-11,14,16,28H,2-3,12-13,15H2,1H3,(H,29,30,33);1-2,5-10,13,15,28H,3-4,11-12,14H2,(H,29,30,33);2*1H4. The molecule has 8 aromatic carbocycles. The number of likely N-dealkylation sites (tertiary alicyclic amines) is 4. The molecule has 0 bridgehead atoms. The van der Waals surface area contributed by atoms with Gasteiger partial charge in [0.05, 0.1) is 31.2 Å². The van der Waals surface area contributed by atoms with Crippen LogP contribution in [0.4, 0.5) is 32.1 Å². The molecule has 4 saturated heterocycles. The van der Waals surface area contributed by atoms with E-state index in [2.05, 4.69) is 51.0 Å². The van der Waals surface area contributed by atoms with E-state index < -0.39 is 35.0 Å². The van der Waals surface area contributed by atoms with Gasteiger partial charge in [0.1, 0.15) is 58.2 Å². The number of nitrogens with zero attached hydrogens (tertiary/aromatic N) is 8. The second-order valence-electron chi connectivity index (χ2n) is 32.7. The average molecular weight is 1910 g/mol. The van der Waals surface area contributed by atoms with E-state index in [9.17, 15) is 47.1 Å². The Morgan fingerprint density at radius 3 is 0.824 bits per heavy atom. The van der Waals surface area contributed by atoms with E-state index in [-0.39, 0.29) is 86.7 Å². The van der Waals surface area contributed by atoms with Crippen LogP contribution < -0.4 is 21.3 Å². The van der Waals surface area contributed by atoms with Crippen LogP contribution in [0.3, 0.4) is 0 Å². The van der Waals surface area contributed by atoms with Crippen LogP contribution >= 0.6 is 46.4 Å². The Labute approximate surface area is 810 Å². The van der Waals surface area contributed by atoms with Crippen molar-refractivity contribution in [3.8, 4) is 0 Å². The fourth-order valence-electron chi connectivity index (χ4n) is 15.8. The number of piperidine rings is 2. The topological polar surface area (TPSA) is 345 Å². The highest BCUT2D eigenvalue weighted by atomic mass is 35.5. The summed E-state index contributed by atoms with van der Waals surface area (Å²) in [5.41, 5.74) is 9.05. The van der Waals surface area contributed by atoms with Crippen LogP contribution in [0.15, 0.2) is 243 Å². The van der Waals surface area contributed by atoms with Gasteiger partial charge in [0.2, 0.25) is 0 Å². The third kappa shape index (κ3) is 28.0. The third-order valence-corrected chi connectivity index (χ3v) is 24.0. The van der Waals surface area contributed by atoms with Gasteiger partial charge in [-0.2, -0.15) is 0 Å². The molecule has 0 aliphatic carbocycles. The summed E-state index contributed by atoms with van der Waals surface area (Å²) in [5.74, 6) is -0.939. The van der Waals surface area contributed by atoms with E-state index in [1.807, 2.05) is 72.2 Å². The number of rotatable bonds is 24. The molecular formula is C106H106Cl4F2N16O8. The maximum atomic E-state index is 14.9. The highest BCUT2D eigenvalue weighted by Gasteiger charge is 2.27. The van der Waals surface area contributed by atoms with Crippen molar-refractivity contribution in [1.82, 2.24) is 39.5 Å². The van der Waals surface area contributed by atoms with Crippen molar-refractivity contribution in [3.63, 3.8) is 0 Å². The van der Waals surface area contributed by atoms with Crippen molar-refractivity contribution in [2.45, 2.75) is 119 Å². The number of aryl methyl sites for hydroxylation is 2. The first-order chi connectivity index (χ1) is 64.6. The first kappa shape index (κ1) is 102. The molecule has 700 valence electrons. The number of carbonyl (C=O) groups excluding carboxylic acids is 8. The van der Waals surface area contributed by atoms with Crippen LogP contribution in [0.2, 0.25) is 20.1 Å². The molecular weight excluding hydrogens is 1810 g/mol. The number of amidine groups is 4. The number of nitrogens with one attached hydrogen (secondary N) is 8. The van der Waals surface area contributed by atoms with Crippen LogP contribution in [-0.4, -0.2) is 162 Å². The minimum atomic E-state index is -0.672. The number of anilines is 4. The Bertz CT molecular complexity index is 6350. The lowest BCUT2D eigenvalue weighted by atomic mass is 9.96. The van der Waals surface area contributed by atoms with Crippen molar-refractivity contribution >= 4 is 140 Å². The molecule has 24 nitrogen and oxygen atoms in total. The Kier molecular flexibility index (Phi) is 37.0. The zero-order chi connectivity index (χ0) is 94.9. The molecule has 8 N–H and O–H groups in total. The predicted octanol–water partition coefficient (Wildman–Crippen LogP) is 22.3. The van der Waals surface area contributed by atoms with Crippen LogP contribution in [0.5, 0.6) is 0 Å². The zero-order valence-electron chi connectivity index (χ0n) is 73.8. The van der Waals surface area contributed by atoms with Crippen molar-refractivity contribution in [3.05, 3.63) is 375 Å². The molecule has 4 aromatic heterocycles. The monoisotopic (exact) mass is 1910 g/mol. The maximum Gasteiger partial charge on any atom is 0.257 e. The Balaban J connectivity index is 0.000000173. The first-order valence-electron chi connectivity index (χ1n) is 44.0. The molecule has 30 heteroatoms. The van der Waals surface area contributed by atoms with E-state index in [1.54, 1.807) is 146 Å². The van der Waals surface area contributed by atoms with Crippen LogP contribution in [-0.2, 0) is 25.7 Å². The van der Waals surface area contributed by atoms with E-state index in [0.717, 1.165) is 132 Å². The smallest absolute Gasteiger partial charge is 0.257 e. The largest absolute Gasteiger partial charge is 0.357 e. The molecule has 0 spiro atoms. The Hall–Kier alpha value is -14.2. The van der Waals surface area contributed by atoms with E-state index in [0.29, 0.717) is 122 Å². The highest BCUT2D eigenvalue weighted by molar-refractivity contribution is 6.31.